The third-order valence-electron chi connectivity index (χ3n) is 0. The summed E-state index contributed by atoms with van der Waals surface area (Å²) in [6.45, 7) is 0. The van der Waals surface area contributed by atoms with Crippen LogP contribution in [0.15, 0.2) is 0 Å². The molecule has 0 saturated heterocycles. The summed E-state index contributed by atoms with van der Waals surface area (Å²) in [5.41, 5.74) is 0. The second kappa shape index (κ2) is 1.49. The first-order chi connectivity index (χ1) is 1.73. The van der Waals surface area contributed by atoms with Gasteiger partial charge in [0.1, 0.15) is 0 Å². The Kier molecular flexibility index (Phi) is 1.56. The van der Waals surface area contributed by atoms with E-state index < -0.39 is 5.82 Å². The maximum Gasteiger partial charge on any atom is 0.305 e. The molecule has 1 radical (unpaired) electrons. The molecule has 0 aliphatic heterocycles. The van der Waals surface area contributed by atoms with Gasteiger partial charge in [-0.15, -0.1) is 0 Å². The van der Waals surface area contributed by atoms with Crippen LogP contribution >= 0.6 is 11.6 Å². The van der Waals surface area contributed by atoms with Gasteiger partial charge in [-0.25, -0.2) is 0 Å². The van der Waals surface area contributed by atoms with E-state index in [1.165, 1.54) is 0 Å². The standard InChI is InChI=1S/CHClFO/c2-1(3)4/h1H. The lowest BCUT2D eigenvalue weighted by atomic mass is 11.6. The summed E-state index contributed by atoms with van der Waals surface area (Å²) >= 11 is 4.05. The normalized spacial score (nSPS) is 15.8. The minimum Gasteiger partial charge on any atom is -0.194 e. The van der Waals surface area contributed by atoms with Crippen LogP contribution in [0.1, 0.15) is 0 Å². The van der Waals surface area contributed by atoms with Gasteiger partial charge in [0.25, 0.3) is 0 Å². The molecule has 1 nitrogen and oxygen atoms in total. The number of halogens is 2. The summed E-state index contributed by atoms with van der Waals surface area (Å²) in [7, 11) is 0. The summed E-state index contributed by atoms with van der Waals surface area (Å²) in [6, 6.07) is 0. The maximum absolute atomic E-state index is 10.2. The van der Waals surface area contributed by atoms with Crippen LogP contribution in [-0.2, 0) is 5.11 Å². The fraction of sp³-hybridized carbons (Fsp3) is 1.00. The van der Waals surface area contributed by atoms with E-state index in [0.29, 0.717) is 0 Å². The average Bonchev–Trinajstić information content (AvgIpc) is 0.811. The lowest BCUT2D eigenvalue weighted by molar-refractivity contribution is 0.0491. The molecule has 0 N–H and O–H groups in total. The molecule has 0 amide bonds. The van der Waals surface area contributed by atoms with Crippen LogP contribution in [0.3, 0.4) is 0 Å². The molecule has 0 aromatic heterocycles. The van der Waals surface area contributed by atoms with E-state index in [2.05, 4.69) is 11.6 Å². The number of rotatable bonds is 0. The topological polar surface area (TPSA) is 19.9 Å². The van der Waals surface area contributed by atoms with Crippen molar-refractivity contribution in [3.63, 3.8) is 0 Å². The van der Waals surface area contributed by atoms with E-state index >= 15 is 0 Å². The smallest absolute Gasteiger partial charge is 0.194 e. The third kappa shape index (κ3) is 93.7. The summed E-state index contributed by atoms with van der Waals surface area (Å²) in [4.78, 5) is 0. The van der Waals surface area contributed by atoms with Crippen LogP contribution in [0.4, 0.5) is 4.39 Å². The van der Waals surface area contributed by atoms with Gasteiger partial charge in [-0.1, -0.05) is 11.6 Å². The predicted octanol–water partition coefficient (Wildman–Crippen LogP) is 0.909. The van der Waals surface area contributed by atoms with Crippen LogP contribution in [-0.4, -0.2) is 5.82 Å². The molecule has 0 spiro atoms. The molecule has 25 valence electrons. The fourth-order valence-electron chi connectivity index (χ4n) is 0. The van der Waals surface area contributed by atoms with Crippen molar-refractivity contribution in [1.82, 2.24) is 0 Å². The Morgan fingerprint density at radius 3 is 2.00 bits per heavy atom. The maximum atomic E-state index is 10.2. The van der Waals surface area contributed by atoms with Crippen LogP contribution in [0.5, 0.6) is 0 Å². The highest BCUT2D eigenvalue weighted by Gasteiger charge is 1.83. The van der Waals surface area contributed by atoms with Crippen molar-refractivity contribution in [3.8, 4) is 0 Å². The van der Waals surface area contributed by atoms with Crippen LogP contribution in [0.2, 0.25) is 0 Å². The third-order valence-corrected chi connectivity index (χ3v) is 0. The molecule has 0 heterocycles. The van der Waals surface area contributed by atoms with Gasteiger partial charge in [0.2, 0.25) is 0 Å². The average molecular weight is 83.5 g/mol. The van der Waals surface area contributed by atoms with Crippen LogP contribution in [0, 0.1) is 0 Å². The van der Waals surface area contributed by atoms with E-state index in [4.69, 9.17) is 5.11 Å². The Balaban J connectivity index is 2.32. The van der Waals surface area contributed by atoms with Crippen molar-refractivity contribution in [2.45, 2.75) is 5.82 Å². The fourth-order valence-corrected chi connectivity index (χ4v) is 0. The first-order valence-corrected chi connectivity index (χ1v) is 1.11. The number of hydrogen-bond donors (Lipinski definition) is 0. The van der Waals surface area contributed by atoms with Crippen molar-refractivity contribution in [3.05, 3.63) is 0 Å². The van der Waals surface area contributed by atoms with Gasteiger partial charge in [0, 0.05) is 0 Å². The van der Waals surface area contributed by atoms with Gasteiger partial charge >= 0.3 is 5.82 Å². The predicted molar refractivity (Wildman–Crippen MR) is 11.4 cm³/mol. The summed E-state index contributed by atoms with van der Waals surface area (Å²) in [5, 5.41) is 8.63. The van der Waals surface area contributed by atoms with Crippen molar-refractivity contribution in [2.75, 3.05) is 0 Å². The Hall–Kier alpha value is 0.180. The van der Waals surface area contributed by atoms with E-state index in [0.717, 1.165) is 0 Å². The molecule has 0 fully saturated rings. The first-order valence-electron chi connectivity index (χ1n) is 0.672. The molecule has 1 unspecified atom stereocenters. The molecular formula is CHClFO. The second-order valence-corrected chi connectivity index (χ2v) is 0.604. The molecule has 1 atom stereocenters. The van der Waals surface area contributed by atoms with Gasteiger partial charge < -0.3 is 0 Å². The van der Waals surface area contributed by atoms with Crippen LogP contribution < -0.4 is 0 Å². The SMILES string of the molecule is [O]C(F)Cl. The largest absolute Gasteiger partial charge is 0.305 e. The quantitative estimate of drug-likeness (QED) is 0.388. The van der Waals surface area contributed by atoms with Gasteiger partial charge in [0.05, 0.1) is 0 Å². The lowest BCUT2D eigenvalue weighted by Crippen LogP contribution is -1.71. The number of alkyl halides is 2. The molecule has 0 rings (SSSR count). The highest BCUT2D eigenvalue weighted by molar-refractivity contribution is 6.18. The molecule has 0 aliphatic carbocycles. The summed E-state index contributed by atoms with van der Waals surface area (Å²) in [6.07, 6.45) is 0. The lowest BCUT2D eigenvalue weighted by Gasteiger charge is -1.67. The Bertz CT molecular complexity index is 12.8. The van der Waals surface area contributed by atoms with Crippen molar-refractivity contribution in [2.24, 2.45) is 0 Å². The monoisotopic (exact) mass is 83.0 g/mol. The van der Waals surface area contributed by atoms with Crippen molar-refractivity contribution in [1.29, 1.82) is 0 Å². The van der Waals surface area contributed by atoms with Crippen LogP contribution in [0.25, 0.3) is 0 Å². The zero-order chi connectivity index (χ0) is 3.58. The minimum absolute atomic E-state index is 2.44. The van der Waals surface area contributed by atoms with E-state index in [-0.39, 0.29) is 0 Å². The summed E-state index contributed by atoms with van der Waals surface area (Å²) in [5.74, 6) is -2.44. The second-order valence-electron chi connectivity index (χ2n) is 0.261. The molecule has 0 aliphatic rings. The van der Waals surface area contributed by atoms with Gasteiger partial charge in [-0.3, -0.25) is 0 Å². The van der Waals surface area contributed by atoms with E-state index in [1.807, 2.05) is 0 Å². The van der Waals surface area contributed by atoms with Gasteiger partial charge in [-0.2, -0.15) is 9.50 Å². The Labute approximate surface area is 28.0 Å². The first kappa shape index (κ1) is 4.18. The molecule has 0 aromatic carbocycles. The zero-order valence-electron chi connectivity index (χ0n) is 1.74. The highest BCUT2D eigenvalue weighted by atomic mass is 35.5. The minimum atomic E-state index is -2.44. The van der Waals surface area contributed by atoms with Crippen molar-refractivity contribution >= 4 is 11.6 Å². The molecule has 0 saturated carbocycles. The highest BCUT2D eigenvalue weighted by Crippen LogP contribution is 1.86. The van der Waals surface area contributed by atoms with Gasteiger partial charge in [-0.05, 0) is 0 Å². The molecule has 0 bridgehead atoms. The zero-order valence-corrected chi connectivity index (χ0v) is 2.50. The summed E-state index contributed by atoms with van der Waals surface area (Å²) < 4.78 is 10.2. The molecular weight excluding hydrogens is 82.5 g/mol. The Morgan fingerprint density at radius 1 is 2.00 bits per heavy atom. The van der Waals surface area contributed by atoms with Crippen molar-refractivity contribution < 1.29 is 9.50 Å². The Morgan fingerprint density at radius 2 is 2.00 bits per heavy atom. The number of hydrogen-bond acceptors (Lipinski definition) is 0. The van der Waals surface area contributed by atoms with E-state index in [9.17, 15) is 4.39 Å². The van der Waals surface area contributed by atoms with E-state index in [1.54, 1.807) is 0 Å². The van der Waals surface area contributed by atoms with Gasteiger partial charge in [0.15, 0.2) is 0 Å². The molecule has 4 heavy (non-hydrogen) atoms. The molecule has 0 aromatic rings. The molecule has 3 heteroatoms.